The van der Waals surface area contributed by atoms with Crippen molar-refractivity contribution in [3.63, 3.8) is 0 Å². The van der Waals surface area contributed by atoms with Crippen LogP contribution in [0.3, 0.4) is 0 Å². The zero-order valence-electron chi connectivity index (χ0n) is 23.0. The molecule has 0 aromatic carbocycles. The van der Waals surface area contributed by atoms with Gasteiger partial charge in [-0.3, -0.25) is 9.69 Å². The number of esters is 1. The Bertz CT molecular complexity index is 781. The summed E-state index contributed by atoms with van der Waals surface area (Å²) in [7, 11) is 7.57. The van der Waals surface area contributed by atoms with Crippen LogP contribution in [0, 0.1) is 0 Å². The molecule has 12 nitrogen and oxygen atoms in total. The van der Waals surface area contributed by atoms with E-state index in [1.54, 1.807) is 20.8 Å². The number of amides is 2. The molecular formula is C23H40F3N3O9. The number of likely N-dealkylation sites (tertiary alicyclic amines) is 1. The first-order valence-electron chi connectivity index (χ1n) is 11.9. The summed E-state index contributed by atoms with van der Waals surface area (Å²) in [5.74, 6) is -3.74. The van der Waals surface area contributed by atoms with Gasteiger partial charge in [0.25, 0.3) is 0 Å². The number of carbonyl (C=O) groups is 4. The molecule has 0 radical (unpaired) electrons. The third-order valence-electron chi connectivity index (χ3n) is 4.75. The quantitative estimate of drug-likeness (QED) is 0.211. The number of carbonyl (C=O) groups excluding carboxylic acids is 4. The molecule has 0 unspecified atom stereocenters. The first kappa shape index (κ1) is 35.4. The highest BCUT2D eigenvalue weighted by molar-refractivity contribution is 5.83. The van der Waals surface area contributed by atoms with Gasteiger partial charge in [0.2, 0.25) is 5.91 Å². The lowest BCUT2D eigenvalue weighted by atomic mass is 10.1. The fourth-order valence-electron chi connectivity index (χ4n) is 2.95. The first-order chi connectivity index (χ1) is 17.3. The van der Waals surface area contributed by atoms with E-state index in [0.29, 0.717) is 19.8 Å². The third-order valence-corrected chi connectivity index (χ3v) is 4.75. The predicted octanol–water partition coefficient (Wildman–Crippen LogP) is 0.0817. The van der Waals surface area contributed by atoms with Gasteiger partial charge in [-0.25, -0.2) is 9.59 Å². The predicted molar refractivity (Wildman–Crippen MR) is 126 cm³/mol. The molecule has 2 atom stereocenters. The summed E-state index contributed by atoms with van der Waals surface area (Å²) in [5.41, 5.74) is -0.688. The maximum absolute atomic E-state index is 12.4. The fraction of sp³-hybridized carbons (Fsp3) is 0.826. The number of quaternary nitrogens is 1. The highest BCUT2D eigenvalue weighted by atomic mass is 19.4. The Labute approximate surface area is 220 Å². The summed E-state index contributed by atoms with van der Waals surface area (Å²) in [5, 5.41) is 11.6. The minimum absolute atomic E-state index is 0.182. The van der Waals surface area contributed by atoms with E-state index in [1.165, 1.54) is 12.0 Å². The number of hydrogen-bond acceptors (Lipinski definition) is 9. The second-order valence-electron chi connectivity index (χ2n) is 10.4. The van der Waals surface area contributed by atoms with Crippen molar-refractivity contribution in [3.05, 3.63) is 0 Å². The number of hydrogen-bond donors (Lipinski definition) is 1. The summed E-state index contributed by atoms with van der Waals surface area (Å²) in [6.45, 7) is 8.18. The zero-order valence-corrected chi connectivity index (χ0v) is 23.0. The number of alkyl halides is 3. The van der Waals surface area contributed by atoms with E-state index in [1.807, 2.05) is 0 Å². The molecule has 1 rings (SSSR count). The molecule has 0 spiro atoms. The van der Waals surface area contributed by atoms with Crippen LogP contribution in [-0.2, 0) is 33.3 Å². The Hall–Kier alpha value is -2.65. The zero-order chi connectivity index (χ0) is 29.7. The Kier molecular flexibility index (Phi) is 14.6. The topological polar surface area (TPSA) is 144 Å². The van der Waals surface area contributed by atoms with Crippen molar-refractivity contribution in [1.29, 1.82) is 0 Å². The van der Waals surface area contributed by atoms with E-state index in [0.717, 1.165) is 11.0 Å². The number of nitrogens with zero attached hydrogens (tertiary/aromatic N) is 2. The molecule has 1 aliphatic rings. The van der Waals surface area contributed by atoms with E-state index < -0.39 is 35.9 Å². The highest BCUT2D eigenvalue weighted by Crippen LogP contribution is 2.22. The number of carboxylic acids is 1. The number of halogens is 3. The van der Waals surface area contributed by atoms with Crippen LogP contribution in [0.4, 0.5) is 18.0 Å². The van der Waals surface area contributed by atoms with Crippen molar-refractivity contribution in [2.45, 2.75) is 57.5 Å². The van der Waals surface area contributed by atoms with Crippen molar-refractivity contribution in [3.8, 4) is 0 Å². The molecule has 38 heavy (non-hydrogen) atoms. The van der Waals surface area contributed by atoms with E-state index >= 15 is 0 Å². The molecule has 1 fully saturated rings. The van der Waals surface area contributed by atoms with Gasteiger partial charge in [-0.05, 0) is 20.8 Å². The van der Waals surface area contributed by atoms with Crippen molar-refractivity contribution >= 4 is 23.9 Å². The largest absolute Gasteiger partial charge is 0.542 e. The van der Waals surface area contributed by atoms with Gasteiger partial charge in [-0.15, -0.1) is 0 Å². The van der Waals surface area contributed by atoms with Gasteiger partial charge in [0, 0.05) is 25.4 Å². The Morgan fingerprint density at radius 1 is 1.00 bits per heavy atom. The second-order valence-corrected chi connectivity index (χ2v) is 10.4. The summed E-state index contributed by atoms with van der Waals surface area (Å²) in [6, 6.07) is -1.15. The van der Waals surface area contributed by atoms with Gasteiger partial charge in [-0.1, -0.05) is 0 Å². The Balaban J connectivity index is 0.00000171. The number of carboxylic acid groups (broad SMARTS) is 1. The number of nitrogens with one attached hydrogen (secondary N) is 1. The van der Waals surface area contributed by atoms with Crippen LogP contribution in [0.25, 0.3) is 0 Å². The lowest BCUT2D eigenvalue weighted by molar-refractivity contribution is -0.870. The fourth-order valence-corrected chi connectivity index (χ4v) is 2.95. The lowest BCUT2D eigenvalue weighted by Gasteiger charge is -2.27. The van der Waals surface area contributed by atoms with Gasteiger partial charge in [0.15, 0.2) is 0 Å². The van der Waals surface area contributed by atoms with Crippen LogP contribution in [-0.4, -0.2) is 125 Å². The van der Waals surface area contributed by atoms with Gasteiger partial charge in [0.05, 0.1) is 54.7 Å². The number of ether oxygens (including phenoxy) is 4. The van der Waals surface area contributed by atoms with Crippen LogP contribution in [0.5, 0.6) is 0 Å². The van der Waals surface area contributed by atoms with E-state index in [-0.39, 0.29) is 37.9 Å². The summed E-state index contributed by atoms with van der Waals surface area (Å²) in [4.78, 5) is 46.8. The van der Waals surface area contributed by atoms with Gasteiger partial charge < -0.3 is 38.6 Å². The smallest absolute Gasteiger partial charge is 0.430 e. The Morgan fingerprint density at radius 3 is 1.97 bits per heavy atom. The van der Waals surface area contributed by atoms with Gasteiger partial charge in [0.1, 0.15) is 24.2 Å². The summed E-state index contributed by atoms with van der Waals surface area (Å²) < 4.78 is 53.5. The molecule has 1 N–H and O–H groups in total. The van der Waals surface area contributed by atoms with Crippen molar-refractivity contribution < 1.29 is 60.9 Å². The summed E-state index contributed by atoms with van der Waals surface area (Å²) in [6.07, 6.45) is -5.34. The summed E-state index contributed by atoms with van der Waals surface area (Å²) >= 11 is 0. The third kappa shape index (κ3) is 16.2. The molecule has 0 aliphatic carbocycles. The molecule has 2 amide bonds. The number of likely N-dealkylation sites (N-methyl/N-ethyl adjacent to an activating group) is 1. The Morgan fingerprint density at radius 2 is 1.53 bits per heavy atom. The molecule has 0 saturated carbocycles. The van der Waals surface area contributed by atoms with Gasteiger partial charge >= 0.3 is 18.2 Å². The standard InChI is InChI=1S/C21H39N3O7.C2HF3O2/c1-21(2,3)31-20(27)23-15-16(14-17(23)19(26)28-7)22-18(25)8-10-29-12-13-30-11-9-24(4,5)6;3-2(4,5)1(6)7/h16-17H,8-15H2,1-7H3;(H,6,7)/t16-,17+;/m0./s1. The SMILES string of the molecule is COC(=O)[C@H]1C[C@H](NC(=O)CCOCCOCC[N+](C)(C)C)CN1C(=O)OC(C)(C)C.O=C([O-])C(F)(F)F. The minimum atomic E-state index is -5.19. The normalized spacial score (nSPS) is 17.8. The average molecular weight is 560 g/mol. The van der Waals surface area contributed by atoms with E-state index in [9.17, 15) is 27.6 Å². The molecular weight excluding hydrogens is 519 g/mol. The molecule has 1 aliphatic heterocycles. The van der Waals surface area contributed by atoms with Crippen molar-refractivity contribution in [2.75, 3.05) is 67.8 Å². The maximum Gasteiger partial charge on any atom is 0.430 e. The minimum Gasteiger partial charge on any atom is -0.542 e. The van der Waals surface area contributed by atoms with E-state index in [2.05, 4.69) is 26.5 Å². The van der Waals surface area contributed by atoms with Crippen molar-refractivity contribution in [1.82, 2.24) is 10.2 Å². The van der Waals surface area contributed by atoms with Crippen molar-refractivity contribution in [2.24, 2.45) is 0 Å². The molecule has 0 aromatic rings. The number of aliphatic carboxylic acids is 1. The van der Waals surface area contributed by atoms with Crippen LogP contribution >= 0.6 is 0 Å². The van der Waals surface area contributed by atoms with Crippen LogP contribution < -0.4 is 10.4 Å². The molecule has 1 heterocycles. The van der Waals surface area contributed by atoms with Crippen LogP contribution in [0.1, 0.15) is 33.6 Å². The molecule has 0 aromatic heterocycles. The number of rotatable bonds is 11. The highest BCUT2D eigenvalue weighted by Gasteiger charge is 2.42. The van der Waals surface area contributed by atoms with Crippen LogP contribution in [0.2, 0.25) is 0 Å². The van der Waals surface area contributed by atoms with Gasteiger partial charge in [-0.2, -0.15) is 13.2 Å². The molecule has 1 saturated heterocycles. The molecule has 222 valence electrons. The van der Waals surface area contributed by atoms with E-state index in [4.69, 9.17) is 28.8 Å². The average Bonchev–Trinajstić information content (AvgIpc) is 3.16. The monoisotopic (exact) mass is 559 g/mol. The first-order valence-corrected chi connectivity index (χ1v) is 11.9. The maximum atomic E-state index is 12.4. The number of methoxy groups -OCH3 is 1. The molecule has 15 heteroatoms. The second kappa shape index (κ2) is 15.7. The lowest BCUT2D eigenvalue weighted by Crippen LogP contribution is -2.44. The molecule has 0 bridgehead atoms. The van der Waals surface area contributed by atoms with Crippen LogP contribution in [0.15, 0.2) is 0 Å².